The van der Waals surface area contributed by atoms with Gasteiger partial charge in [0, 0.05) is 31.2 Å². The molecule has 29 heavy (non-hydrogen) atoms. The third-order valence-electron chi connectivity index (χ3n) is 5.41. The molecule has 3 aromatic rings. The first-order chi connectivity index (χ1) is 14.1. The molecule has 6 heteroatoms. The molecule has 1 aliphatic heterocycles. The summed E-state index contributed by atoms with van der Waals surface area (Å²) in [5.41, 5.74) is 4.91. The number of nitrogens with one attached hydrogen (secondary N) is 1. The van der Waals surface area contributed by atoms with Gasteiger partial charge in [-0.1, -0.05) is 24.3 Å². The molecule has 2 aromatic carbocycles. The van der Waals surface area contributed by atoms with Crippen molar-refractivity contribution in [2.45, 2.75) is 26.5 Å². The fourth-order valence-corrected chi connectivity index (χ4v) is 3.61. The van der Waals surface area contributed by atoms with Gasteiger partial charge in [-0.15, -0.1) is 0 Å². The van der Waals surface area contributed by atoms with Crippen LogP contribution >= 0.6 is 0 Å². The molecular weight excluding hydrogens is 364 g/mol. The summed E-state index contributed by atoms with van der Waals surface area (Å²) < 4.78 is 7.69. The SMILES string of the molecule is Cc1cccc(Nc2ccccc2C(=O)N2CCOC(Cn3cccn3)C2)c1C. The van der Waals surface area contributed by atoms with Crippen LogP contribution in [-0.2, 0) is 11.3 Å². The quantitative estimate of drug-likeness (QED) is 0.720. The maximum atomic E-state index is 13.3. The highest BCUT2D eigenvalue weighted by Gasteiger charge is 2.26. The van der Waals surface area contributed by atoms with Crippen LogP contribution in [0.4, 0.5) is 11.4 Å². The summed E-state index contributed by atoms with van der Waals surface area (Å²) in [5, 5.41) is 7.69. The third-order valence-corrected chi connectivity index (χ3v) is 5.41. The average Bonchev–Trinajstić information content (AvgIpc) is 3.24. The van der Waals surface area contributed by atoms with E-state index in [2.05, 4.69) is 30.3 Å². The number of morpholine rings is 1. The van der Waals surface area contributed by atoms with E-state index < -0.39 is 0 Å². The van der Waals surface area contributed by atoms with Crippen LogP contribution in [0.3, 0.4) is 0 Å². The van der Waals surface area contributed by atoms with Gasteiger partial charge in [0.05, 0.1) is 30.5 Å². The van der Waals surface area contributed by atoms with Crippen molar-refractivity contribution in [1.82, 2.24) is 14.7 Å². The summed E-state index contributed by atoms with van der Waals surface area (Å²) in [6, 6.07) is 15.7. The minimum atomic E-state index is -0.0632. The fraction of sp³-hybridized carbons (Fsp3) is 0.304. The van der Waals surface area contributed by atoms with Crippen molar-refractivity contribution in [3.63, 3.8) is 0 Å². The van der Waals surface area contributed by atoms with Gasteiger partial charge >= 0.3 is 0 Å². The van der Waals surface area contributed by atoms with Crippen molar-refractivity contribution in [2.75, 3.05) is 25.0 Å². The summed E-state index contributed by atoms with van der Waals surface area (Å²) >= 11 is 0. The molecule has 1 unspecified atom stereocenters. The predicted octanol–water partition coefficient (Wildman–Crippen LogP) is 3.78. The Morgan fingerprint density at radius 2 is 1.97 bits per heavy atom. The van der Waals surface area contributed by atoms with Gasteiger partial charge in [-0.25, -0.2) is 0 Å². The zero-order chi connectivity index (χ0) is 20.2. The summed E-state index contributed by atoms with van der Waals surface area (Å²) in [6.45, 7) is 6.49. The molecule has 1 aromatic heterocycles. The largest absolute Gasteiger partial charge is 0.373 e. The number of ether oxygens (including phenoxy) is 1. The first-order valence-corrected chi connectivity index (χ1v) is 9.92. The molecule has 0 radical (unpaired) electrons. The van der Waals surface area contributed by atoms with E-state index in [0.29, 0.717) is 31.8 Å². The Morgan fingerprint density at radius 1 is 1.14 bits per heavy atom. The van der Waals surface area contributed by atoms with E-state index in [1.54, 1.807) is 6.20 Å². The molecule has 0 saturated carbocycles. The van der Waals surface area contributed by atoms with Crippen molar-refractivity contribution < 1.29 is 9.53 Å². The molecular formula is C23H26N4O2. The maximum Gasteiger partial charge on any atom is 0.256 e. The van der Waals surface area contributed by atoms with Crippen molar-refractivity contribution >= 4 is 17.3 Å². The van der Waals surface area contributed by atoms with Crippen LogP contribution < -0.4 is 5.32 Å². The molecule has 1 N–H and O–H groups in total. The van der Waals surface area contributed by atoms with E-state index in [0.717, 1.165) is 11.4 Å². The van der Waals surface area contributed by atoms with Gasteiger partial charge in [0.2, 0.25) is 0 Å². The molecule has 1 saturated heterocycles. The number of rotatable bonds is 5. The number of nitrogens with zero attached hydrogens (tertiary/aromatic N) is 3. The number of carbonyl (C=O) groups is 1. The van der Waals surface area contributed by atoms with Gasteiger partial charge in [-0.05, 0) is 49.2 Å². The zero-order valence-electron chi connectivity index (χ0n) is 16.8. The van der Waals surface area contributed by atoms with Crippen molar-refractivity contribution in [3.8, 4) is 0 Å². The number of amides is 1. The number of anilines is 2. The van der Waals surface area contributed by atoms with Gasteiger partial charge in [0.1, 0.15) is 0 Å². The molecule has 1 atom stereocenters. The van der Waals surface area contributed by atoms with Crippen LogP contribution in [0.5, 0.6) is 0 Å². The number of aromatic nitrogens is 2. The second-order valence-corrected chi connectivity index (χ2v) is 7.39. The highest BCUT2D eigenvalue weighted by molar-refractivity contribution is 6.00. The number of benzene rings is 2. The van der Waals surface area contributed by atoms with Crippen molar-refractivity contribution in [1.29, 1.82) is 0 Å². The first-order valence-electron chi connectivity index (χ1n) is 9.92. The highest BCUT2D eigenvalue weighted by atomic mass is 16.5. The zero-order valence-corrected chi connectivity index (χ0v) is 16.8. The summed E-state index contributed by atoms with van der Waals surface area (Å²) in [4.78, 5) is 15.2. The lowest BCUT2D eigenvalue weighted by Gasteiger charge is -2.33. The molecule has 1 fully saturated rings. The van der Waals surface area contributed by atoms with E-state index in [1.807, 2.05) is 58.2 Å². The van der Waals surface area contributed by atoms with Crippen molar-refractivity contribution in [3.05, 3.63) is 77.6 Å². The number of hydrogen-bond acceptors (Lipinski definition) is 4. The standard InChI is InChI=1S/C23H26N4O2/c1-17-7-5-10-21(18(17)2)25-22-9-4-3-8-20(22)23(28)26-13-14-29-19(15-26)16-27-12-6-11-24-27/h3-12,19,25H,13-16H2,1-2H3. The minimum absolute atomic E-state index is 0.0205. The molecule has 1 amide bonds. The lowest BCUT2D eigenvalue weighted by molar-refractivity contribution is -0.0299. The molecule has 0 spiro atoms. The monoisotopic (exact) mass is 390 g/mol. The minimum Gasteiger partial charge on any atom is -0.373 e. The van der Waals surface area contributed by atoms with E-state index in [4.69, 9.17) is 4.74 Å². The van der Waals surface area contributed by atoms with Crippen LogP contribution in [0.15, 0.2) is 60.9 Å². The molecule has 4 rings (SSSR count). The average molecular weight is 390 g/mol. The van der Waals surface area contributed by atoms with Gasteiger partial charge in [0.15, 0.2) is 0 Å². The second kappa shape index (κ2) is 8.49. The number of aryl methyl sites for hydroxylation is 1. The number of carbonyl (C=O) groups excluding carboxylic acids is 1. The molecule has 0 bridgehead atoms. The normalized spacial score (nSPS) is 16.6. The van der Waals surface area contributed by atoms with Crippen LogP contribution in [0.2, 0.25) is 0 Å². The molecule has 1 aliphatic rings. The summed E-state index contributed by atoms with van der Waals surface area (Å²) in [5.74, 6) is 0.0205. The Kier molecular flexibility index (Phi) is 5.62. The van der Waals surface area contributed by atoms with Gasteiger partial charge in [0.25, 0.3) is 5.91 Å². The highest BCUT2D eigenvalue weighted by Crippen LogP contribution is 2.26. The summed E-state index contributed by atoms with van der Waals surface area (Å²) in [6.07, 6.45) is 3.60. The van der Waals surface area contributed by atoms with Crippen LogP contribution in [-0.4, -0.2) is 46.4 Å². The Balaban J connectivity index is 1.52. The fourth-order valence-electron chi connectivity index (χ4n) is 3.61. The Bertz CT molecular complexity index is 984. The van der Waals surface area contributed by atoms with Crippen LogP contribution in [0.25, 0.3) is 0 Å². The topological polar surface area (TPSA) is 59.4 Å². The van der Waals surface area contributed by atoms with Crippen LogP contribution in [0, 0.1) is 13.8 Å². The van der Waals surface area contributed by atoms with Crippen LogP contribution in [0.1, 0.15) is 21.5 Å². The van der Waals surface area contributed by atoms with Gasteiger partial charge < -0.3 is 15.0 Å². The first kappa shape index (κ1) is 19.2. The lowest BCUT2D eigenvalue weighted by Crippen LogP contribution is -2.47. The van der Waals surface area contributed by atoms with Gasteiger partial charge in [-0.3, -0.25) is 9.48 Å². The number of para-hydroxylation sites is 1. The van der Waals surface area contributed by atoms with Gasteiger partial charge in [-0.2, -0.15) is 5.10 Å². The predicted molar refractivity (Wildman–Crippen MR) is 114 cm³/mol. The molecule has 2 heterocycles. The lowest BCUT2D eigenvalue weighted by atomic mass is 10.1. The second-order valence-electron chi connectivity index (χ2n) is 7.39. The number of hydrogen-bond donors (Lipinski definition) is 1. The van der Waals surface area contributed by atoms with E-state index >= 15 is 0 Å². The molecule has 6 nitrogen and oxygen atoms in total. The van der Waals surface area contributed by atoms with E-state index in [9.17, 15) is 4.79 Å². The summed E-state index contributed by atoms with van der Waals surface area (Å²) in [7, 11) is 0. The maximum absolute atomic E-state index is 13.3. The third kappa shape index (κ3) is 4.32. The molecule has 0 aliphatic carbocycles. The smallest absolute Gasteiger partial charge is 0.256 e. The Labute approximate surface area is 171 Å². The Morgan fingerprint density at radius 3 is 2.79 bits per heavy atom. The Hall–Kier alpha value is -3.12. The molecule has 150 valence electrons. The van der Waals surface area contributed by atoms with E-state index in [1.165, 1.54) is 11.1 Å². The van der Waals surface area contributed by atoms with E-state index in [-0.39, 0.29) is 12.0 Å². The van der Waals surface area contributed by atoms with Crippen molar-refractivity contribution in [2.24, 2.45) is 0 Å².